The summed E-state index contributed by atoms with van der Waals surface area (Å²) in [6.45, 7) is 5.57. The first kappa shape index (κ1) is 18.1. The first-order valence-electron chi connectivity index (χ1n) is 10.0. The van der Waals surface area contributed by atoms with E-state index in [0.29, 0.717) is 18.5 Å². The number of para-hydroxylation sites is 1. The molecule has 4 rings (SSSR count). The summed E-state index contributed by atoms with van der Waals surface area (Å²) in [7, 11) is 1.99. The highest BCUT2D eigenvalue weighted by Gasteiger charge is 2.30. The SMILES string of the molecule is CNCC1CCN(C(=O)c2ccoc2CN2c3ccccc3CC2C)CC1. The smallest absolute Gasteiger partial charge is 0.257 e. The van der Waals surface area contributed by atoms with E-state index in [1.165, 1.54) is 11.3 Å². The summed E-state index contributed by atoms with van der Waals surface area (Å²) in [6, 6.07) is 10.8. The van der Waals surface area contributed by atoms with E-state index >= 15 is 0 Å². The van der Waals surface area contributed by atoms with Gasteiger partial charge in [-0.3, -0.25) is 4.79 Å². The number of piperidine rings is 1. The molecule has 2 aliphatic heterocycles. The minimum atomic E-state index is 0.113. The van der Waals surface area contributed by atoms with Gasteiger partial charge in [0.1, 0.15) is 5.76 Å². The van der Waals surface area contributed by atoms with Crippen molar-refractivity contribution >= 4 is 11.6 Å². The average Bonchev–Trinajstić information content (AvgIpc) is 3.27. The average molecular weight is 367 g/mol. The van der Waals surface area contributed by atoms with E-state index in [1.807, 2.05) is 18.0 Å². The van der Waals surface area contributed by atoms with E-state index in [0.717, 1.165) is 50.2 Å². The highest BCUT2D eigenvalue weighted by Crippen LogP contribution is 2.34. The molecule has 5 heteroatoms. The molecule has 27 heavy (non-hydrogen) atoms. The van der Waals surface area contributed by atoms with Crippen molar-refractivity contribution < 1.29 is 9.21 Å². The zero-order valence-corrected chi connectivity index (χ0v) is 16.3. The third kappa shape index (κ3) is 3.61. The van der Waals surface area contributed by atoms with Gasteiger partial charge >= 0.3 is 0 Å². The molecule has 1 aromatic heterocycles. The quantitative estimate of drug-likeness (QED) is 0.881. The summed E-state index contributed by atoms with van der Waals surface area (Å²) < 4.78 is 5.76. The number of carbonyl (C=O) groups excluding carboxylic acids is 1. The van der Waals surface area contributed by atoms with Crippen LogP contribution in [0.4, 0.5) is 5.69 Å². The number of fused-ring (bicyclic) bond motifs is 1. The molecule has 1 aromatic carbocycles. The first-order chi connectivity index (χ1) is 13.2. The Morgan fingerprint density at radius 3 is 2.78 bits per heavy atom. The summed E-state index contributed by atoms with van der Waals surface area (Å²) in [5.74, 6) is 1.56. The van der Waals surface area contributed by atoms with Crippen molar-refractivity contribution in [1.82, 2.24) is 10.2 Å². The first-order valence-corrected chi connectivity index (χ1v) is 10.0. The predicted octanol–water partition coefficient (Wildman–Crippen LogP) is 3.30. The molecule has 2 aromatic rings. The number of hydrogen-bond donors (Lipinski definition) is 1. The van der Waals surface area contributed by atoms with Gasteiger partial charge in [-0.05, 0) is 63.4 Å². The van der Waals surface area contributed by atoms with Crippen LogP contribution in [-0.2, 0) is 13.0 Å². The van der Waals surface area contributed by atoms with E-state index in [4.69, 9.17) is 4.42 Å². The number of nitrogens with one attached hydrogen (secondary N) is 1. The topological polar surface area (TPSA) is 48.7 Å². The highest BCUT2D eigenvalue weighted by atomic mass is 16.3. The van der Waals surface area contributed by atoms with Gasteiger partial charge in [0.15, 0.2) is 0 Å². The lowest BCUT2D eigenvalue weighted by Gasteiger charge is -2.32. The Balaban J connectivity index is 1.47. The van der Waals surface area contributed by atoms with Crippen molar-refractivity contribution in [3.8, 4) is 0 Å². The number of furan rings is 1. The van der Waals surface area contributed by atoms with Gasteiger partial charge in [-0.2, -0.15) is 0 Å². The number of amides is 1. The van der Waals surface area contributed by atoms with E-state index in [9.17, 15) is 4.79 Å². The maximum atomic E-state index is 13.1. The minimum Gasteiger partial charge on any atom is -0.467 e. The van der Waals surface area contributed by atoms with Gasteiger partial charge in [-0.1, -0.05) is 18.2 Å². The van der Waals surface area contributed by atoms with E-state index in [1.54, 1.807) is 6.26 Å². The third-order valence-corrected chi connectivity index (χ3v) is 6.03. The van der Waals surface area contributed by atoms with E-state index < -0.39 is 0 Å². The molecule has 1 N–H and O–H groups in total. The number of nitrogens with zero attached hydrogens (tertiary/aromatic N) is 2. The number of rotatable bonds is 5. The second kappa shape index (κ2) is 7.77. The molecule has 1 amide bonds. The Hall–Kier alpha value is -2.27. The molecule has 2 aliphatic rings. The molecule has 144 valence electrons. The molecule has 1 unspecified atom stereocenters. The maximum Gasteiger partial charge on any atom is 0.257 e. The van der Waals surface area contributed by atoms with E-state index in [-0.39, 0.29) is 5.91 Å². The van der Waals surface area contributed by atoms with Crippen LogP contribution in [-0.4, -0.2) is 43.5 Å². The van der Waals surface area contributed by atoms with Crippen LogP contribution in [0.2, 0.25) is 0 Å². The number of anilines is 1. The number of carbonyl (C=O) groups is 1. The Labute approximate surface area is 161 Å². The van der Waals surface area contributed by atoms with Crippen LogP contribution in [0.1, 0.15) is 41.4 Å². The number of likely N-dealkylation sites (tertiary alicyclic amines) is 1. The summed E-state index contributed by atoms with van der Waals surface area (Å²) in [5, 5.41) is 3.25. The number of hydrogen-bond acceptors (Lipinski definition) is 4. The monoisotopic (exact) mass is 367 g/mol. The molecule has 0 spiro atoms. The Kier molecular flexibility index (Phi) is 5.21. The third-order valence-electron chi connectivity index (χ3n) is 6.03. The molecular formula is C22H29N3O2. The number of benzene rings is 1. The van der Waals surface area contributed by atoms with Crippen LogP contribution in [0.3, 0.4) is 0 Å². The van der Waals surface area contributed by atoms with Crippen LogP contribution in [0.25, 0.3) is 0 Å². The molecule has 1 fully saturated rings. The van der Waals surface area contributed by atoms with Crippen molar-refractivity contribution in [2.24, 2.45) is 5.92 Å². The predicted molar refractivity (Wildman–Crippen MR) is 107 cm³/mol. The Bertz CT molecular complexity index is 792. The second-order valence-electron chi connectivity index (χ2n) is 7.86. The molecule has 1 saturated heterocycles. The fraction of sp³-hybridized carbons (Fsp3) is 0.500. The zero-order chi connectivity index (χ0) is 18.8. The van der Waals surface area contributed by atoms with Crippen molar-refractivity contribution in [2.45, 2.75) is 38.8 Å². The lowest BCUT2D eigenvalue weighted by molar-refractivity contribution is 0.0688. The molecule has 5 nitrogen and oxygen atoms in total. The van der Waals surface area contributed by atoms with Crippen LogP contribution >= 0.6 is 0 Å². The standard InChI is InChI=1S/C22H29N3O2/c1-16-13-18-5-3-4-6-20(18)25(16)15-21-19(9-12-27-21)22(26)24-10-7-17(8-11-24)14-23-2/h3-6,9,12,16-17,23H,7-8,10-11,13-15H2,1-2H3. The van der Waals surface area contributed by atoms with E-state index in [2.05, 4.69) is 41.4 Å². The Morgan fingerprint density at radius 2 is 2.00 bits per heavy atom. The van der Waals surface area contributed by atoms with Crippen molar-refractivity contribution in [3.63, 3.8) is 0 Å². The summed E-state index contributed by atoms with van der Waals surface area (Å²) in [4.78, 5) is 17.4. The Morgan fingerprint density at radius 1 is 1.22 bits per heavy atom. The molecule has 0 radical (unpaired) electrons. The van der Waals surface area contributed by atoms with Crippen LogP contribution in [0.5, 0.6) is 0 Å². The van der Waals surface area contributed by atoms with Crippen molar-refractivity contribution in [3.05, 3.63) is 53.5 Å². The zero-order valence-electron chi connectivity index (χ0n) is 16.3. The molecule has 1 atom stereocenters. The molecule has 0 saturated carbocycles. The van der Waals surface area contributed by atoms with Crippen LogP contribution < -0.4 is 10.2 Å². The minimum absolute atomic E-state index is 0.113. The van der Waals surface area contributed by atoms with Crippen LogP contribution in [0, 0.1) is 5.92 Å². The fourth-order valence-corrected chi connectivity index (χ4v) is 4.48. The van der Waals surface area contributed by atoms with Gasteiger partial charge in [0, 0.05) is 24.8 Å². The van der Waals surface area contributed by atoms with Gasteiger partial charge in [-0.15, -0.1) is 0 Å². The lowest BCUT2D eigenvalue weighted by Crippen LogP contribution is -2.40. The fourth-order valence-electron chi connectivity index (χ4n) is 4.48. The largest absolute Gasteiger partial charge is 0.467 e. The van der Waals surface area contributed by atoms with Crippen molar-refractivity contribution in [2.75, 3.05) is 31.6 Å². The van der Waals surface area contributed by atoms with Gasteiger partial charge in [0.25, 0.3) is 5.91 Å². The lowest BCUT2D eigenvalue weighted by atomic mass is 9.96. The highest BCUT2D eigenvalue weighted by molar-refractivity contribution is 5.95. The van der Waals surface area contributed by atoms with Crippen LogP contribution in [0.15, 0.2) is 41.0 Å². The normalized spacial score (nSPS) is 20.1. The van der Waals surface area contributed by atoms with Gasteiger partial charge in [-0.25, -0.2) is 0 Å². The maximum absolute atomic E-state index is 13.1. The molecule has 0 bridgehead atoms. The second-order valence-corrected chi connectivity index (χ2v) is 7.86. The summed E-state index contributed by atoms with van der Waals surface area (Å²) in [6.07, 6.45) is 4.83. The van der Waals surface area contributed by atoms with Gasteiger partial charge in [0.05, 0.1) is 18.4 Å². The summed E-state index contributed by atoms with van der Waals surface area (Å²) in [5.41, 5.74) is 3.35. The summed E-state index contributed by atoms with van der Waals surface area (Å²) >= 11 is 0. The molecular weight excluding hydrogens is 338 g/mol. The van der Waals surface area contributed by atoms with Crippen molar-refractivity contribution in [1.29, 1.82) is 0 Å². The van der Waals surface area contributed by atoms with Gasteiger partial charge < -0.3 is 19.5 Å². The molecule has 3 heterocycles. The van der Waals surface area contributed by atoms with Gasteiger partial charge in [0.2, 0.25) is 0 Å². The molecule has 0 aliphatic carbocycles.